The standard InChI is InChI=1S/C24H27F2N5O2/c1-14(2)21(31-13-28-19-10-17(25)18(26)11-20(19)31)24(33)30-9-5-7-16(12-30)23(32)29-22-15(3)6-4-8-27-22/h4,6,8,10-11,13-14,16,21H,5,7,9,12H2,1-3H3,(H,27,29,32). The number of pyridine rings is 1. The molecule has 1 aliphatic heterocycles. The van der Waals surface area contributed by atoms with Crippen molar-refractivity contribution in [3.63, 3.8) is 0 Å². The van der Waals surface area contributed by atoms with Gasteiger partial charge in [0, 0.05) is 31.4 Å². The number of amides is 2. The summed E-state index contributed by atoms with van der Waals surface area (Å²) in [5.41, 5.74) is 1.51. The summed E-state index contributed by atoms with van der Waals surface area (Å²) < 4.78 is 29.1. The molecule has 0 saturated carbocycles. The van der Waals surface area contributed by atoms with Crippen LogP contribution in [-0.2, 0) is 9.59 Å². The summed E-state index contributed by atoms with van der Waals surface area (Å²) >= 11 is 0. The topological polar surface area (TPSA) is 80.1 Å². The van der Waals surface area contributed by atoms with E-state index < -0.39 is 17.7 Å². The lowest BCUT2D eigenvalue weighted by Gasteiger charge is -2.35. The van der Waals surface area contributed by atoms with E-state index in [4.69, 9.17) is 0 Å². The minimum atomic E-state index is -0.987. The van der Waals surface area contributed by atoms with Crippen LogP contribution in [0, 0.1) is 30.4 Å². The highest BCUT2D eigenvalue weighted by Crippen LogP contribution is 2.29. The molecular weight excluding hydrogens is 428 g/mol. The SMILES string of the molecule is Cc1cccnc1NC(=O)C1CCCN(C(=O)C(C(C)C)n2cnc3cc(F)c(F)cc32)C1. The number of carbonyl (C=O) groups excluding carboxylic acids is 2. The van der Waals surface area contributed by atoms with Crippen LogP contribution >= 0.6 is 0 Å². The molecule has 2 amide bonds. The summed E-state index contributed by atoms with van der Waals surface area (Å²) in [4.78, 5) is 36.5. The lowest BCUT2D eigenvalue weighted by atomic mass is 9.94. The summed E-state index contributed by atoms with van der Waals surface area (Å²) in [5, 5.41) is 2.87. The number of imidazole rings is 1. The molecule has 2 aromatic heterocycles. The van der Waals surface area contributed by atoms with Crippen molar-refractivity contribution in [1.29, 1.82) is 0 Å². The summed E-state index contributed by atoms with van der Waals surface area (Å²) in [7, 11) is 0. The molecule has 3 heterocycles. The Morgan fingerprint density at radius 2 is 1.94 bits per heavy atom. The van der Waals surface area contributed by atoms with Gasteiger partial charge in [0.25, 0.3) is 0 Å². The molecule has 0 bridgehead atoms. The smallest absolute Gasteiger partial charge is 0.245 e. The van der Waals surface area contributed by atoms with Crippen molar-refractivity contribution in [3.05, 3.63) is 54.0 Å². The first-order valence-corrected chi connectivity index (χ1v) is 11.1. The van der Waals surface area contributed by atoms with Gasteiger partial charge in [-0.05, 0) is 37.3 Å². The van der Waals surface area contributed by atoms with E-state index in [0.717, 1.165) is 17.7 Å². The van der Waals surface area contributed by atoms with Gasteiger partial charge in [0.2, 0.25) is 11.8 Å². The third-order valence-corrected chi connectivity index (χ3v) is 6.16. The number of benzene rings is 1. The first-order valence-electron chi connectivity index (χ1n) is 11.1. The molecule has 2 unspecified atom stereocenters. The zero-order valence-electron chi connectivity index (χ0n) is 18.9. The average Bonchev–Trinajstić information content (AvgIpc) is 3.17. The van der Waals surface area contributed by atoms with Gasteiger partial charge in [0.05, 0.1) is 23.3 Å². The number of aromatic nitrogens is 3. The third-order valence-electron chi connectivity index (χ3n) is 6.16. The van der Waals surface area contributed by atoms with E-state index in [1.165, 1.54) is 6.33 Å². The van der Waals surface area contributed by atoms with Crippen molar-refractivity contribution in [2.24, 2.45) is 11.8 Å². The van der Waals surface area contributed by atoms with Gasteiger partial charge >= 0.3 is 0 Å². The summed E-state index contributed by atoms with van der Waals surface area (Å²) in [5.74, 6) is -2.27. The van der Waals surface area contributed by atoms with Crippen LogP contribution in [0.5, 0.6) is 0 Å². The van der Waals surface area contributed by atoms with E-state index >= 15 is 0 Å². The first kappa shape index (κ1) is 22.8. The number of aryl methyl sites for hydroxylation is 1. The molecule has 0 aliphatic carbocycles. The molecule has 1 N–H and O–H groups in total. The highest BCUT2D eigenvalue weighted by Gasteiger charge is 2.35. The lowest BCUT2D eigenvalue weighted by Crippen LogP contribution is -2.47. The molecule has 174 valence electrons. The average molecular weight is 456 g/mol. The van der Waals surface area contributed by atoms with Crippen molar-refractivity contribution in [3.8, 4) is 0 Å². The van der Waals surface area contributed by atoms with Gasteiger partial charge in [-0.1, -0.05) is 19.9 Å². The number of halogens is 2. The maximum Gasteiger partial charge on any atom is 0.245 e. The van der Waals surface area contributed by atoms with E-state index in [1.54, 1.807) is 21.7 Å². The van der Waals surface area contributed by atoms with E-state index in [0.29, 0.717) is 30.7 Å². The van der Waals surface area contributed by atoms with Crippen molar-refractivity contribution in [2.45, 2.75) is 39.7 Å². The predicted molar refractivity (Wildman–Crippen MR) is 120 cm³/mol. The van der Waals surface area contributed by atoms with Gasteiger partial charge in [0.1, 0.15) is 11.9 Å². The highest BCUT2D eigenvalue weighted by molar-refractivity contribution is 5.93. The first-order chi connectivity index (χ1) is 15.8. The molecule has 9 heteroatoms. The number of hydrogen-bond acceptors (Lipinski definition) is 4. The quantitative estimate of drug-likeness (QED) is 0.628. The zero-order chi connectivity index (χ0) is 23.7. The molecule has 4 rings (SSSR count). The maximum atomic E-state index is 13.9. The fourth-order valence-electron chi connectivity index (χ4n) is 4.38. The Kier molecular flexibility index (Phi) is 6.40. The van der Waals surface area contributed by atoms with E-state index in [-0.39, 0.29) is 35.7 Å². The second-order valence-electron chi connectivity index (χ2n) is 8.88. The Balaban J connectivity index is 1.55. The Labute approximate surface area is 190 Å². The van der Waals surface area contributed by atoms with E-state index in [2.05, 4.69) is 15.3 Å². The summed E-state index contributed by atoms with van der Waals surface area (Å²) in [6, 6.07) is 5.13. The molecule has 2 atom stereocenters. The summed E-state index contributed by atoms with van der Waals surface area (Å²) in [6.45, 7) is 6.48. The molecule has 1 aromatic carbocycles. The molecule has 0 spiro atoms. The molecule has 1 aliphatic rings. The van der Waals surface area contributed by atoms with Gasteiger partial charge in [-0.25, -0.2) is 18.7 Å². The molecule has 33 heavy (non-hydrogen) atoms. The number of anilines is 1. The third kappa shape index (κ3) is 4.58. The zero-order valence-corrected chi connectivity index (χ0v) is 18.9. The lowest BCUT2D eigenvalue weighted by molar-refractivity contribution is -0.139. The highest BCUT2D eigenvalue weighted by atomic mass is 19.2. The normalized spacial score (nSPS) is 17.4. The van der Waals surface area contributed by atoms with Gasteiger partial charge in [-0.2, -0.15) is 0 Å². The molecule has 0 radical (unpaired) electrons. The maximum absolute atomic E-state index is 13.9. The number of nitrogens with zero attached hydrogens (tertiary/aromatic N) is 4. The second kappa shape index (κ2) is 9.25. The van der Waals surface area contributed by atoms with Crippen LogP contribution in [-0.4, -0.2) is 44.3 Å². The summed E-state index contributed by atoms with van der Waals surface area (Å²) in [6.07, 6.45) is 4.44. The number of fused-ring (bicyclic) bond motifs is 1. The van der Waals surface area contributed by atoms with Crippen LogP contribution < -0.4 is 5.32 Å². The van der Waals surface area contributed by atoms with Crippen LogP contribution in [0.25, 0.3) is 11.0 Å². The van der Waals surface area contributed by atoms with Crippen LogP contribution in [0.15, 0.2) is 36.8 Å². The monoisotopic (exact) mass is 455 g/mol. The van der Waals surface area contributed by atoms with Crippen LogP contribution in [0.1, 0.15) is 38.3 Å². The van der Waals surface area contributed by atoms with Gasteiger partial charge in [-0.15, -0.1) is 0 Å². The Morgan fingerprint density at radius 3 is 2.67 bits per heavy atom. The number of likely N-dealkylation sites (tertiary alicyclic amines) is 1. The predicted octanol–water partition coefficient (Wildman–Crippen LogP) is 4.09. The number of piperidine rings is 1. The van der Waals surface area contributed by atoms with Crippen molar-refractivity contribution in [1.82, 2.24) is 19.4 Å². The Morgan fingerprint density at radius 1 is 1.18 bits per heavy atom. The Hall–Kier alpha value is -3.36. The second-order valence-corrected chi connectivity index (χ2v) is 8.88. The van der Waals surface area contributed by atoms with Gasteiger partial charge in [-0.3, -0.25) is 9.59 Å². The molecule has 1 fully saturated rings. The van der Waals surface area contributed by atoms with Crippen molar-refractivity contribution < 1.29 is 18.4 Å². The van der Waals surface area contributed by atoms with Crippen LogP contribution in [0.3, 0.4) is 0 Å². The van der Waals surface area contributed by atoms with Crippen molar-refractivity contribution in [2.75, 3.05) is 18.4 Å². The van der Waals surface area contributed by atoms with Gasteiger partial charge < -0.3 is 14.8 Å². The van der Waals surface area contributed by atoms with Crippen LogP contribution in [0.4, 0.5) is 14.6 Å². The fraction of sp³-hybridized carbons (Fsp3) is 0.417. The molecule has 1 saturated heterocycles. The minimum Gasteiger partial charge on any atom is -0.340 e. The van der Waals surface area contributed by atoms with Crippen molar-refractivity contribution >= 4 is 28.7 Å². The largest absolute Gasteiger partial charge is 0.340 e. The number of hydrogen-bond donors (Lipinski definition) is 1. The molecule has 3 aromatic rings. The molecule has 7 nitrogen and oxygen atoms in total. The number of nitrogens with one attached hydrogen (secondary N) is 1. The fourth-order valence-corrected chi connectivity index (χ4v) is 4.38. The van der Waals surface area contributed by atoms with Crippen LogP contribution in [0.2, 0.25) is 0 Å². The molecular formula is C24H27F2N5O2. The Bertz CT molecular complexity index is 1190. The van der Waals surface area contributed by atoms with Gasteiger partial charge in [0.15, 0.2) is 11.6 Å². The number of carbonyl (C=O) groups is 2. The number of rotatable bonds is 5. The van der Waals surface area contributed by atoms with E-state index in [1.807, 2.05) is 26.8 Å². The minimum absolute atomic E-state index is 0.131. The van der Waals surface area contributed by atoms with E-state index in [9.17, 15) is 18.4 Å².